The van der Waals surface area contributed by atoms with E-state index < -0.39 is 6.10 Å². The maximum Gasteiger partial charge on any atom is 0.191 e. The van der Waals surface area contributed by atoms with E-state index in [1.54, 1.807) is 11.3 Å². The van der Waals surface area contributed by atoms with Crippen molar-refractivity contribution in [2.75, 3.05) is 46.4 Å². The van der Waals surface area contributed by atoms with E-state index >= 15 is 0 Å². The molecule has 1 aliphatic heterocycles. The summed E-state index contributed by atoms with van der Waals surface area (Å²) in [5.41, 5.74) is 0. The monoisotopic (exact) mass is 504 g/mol. The molecule has 0 aliphatic carbocycles. The molecule has 0 saturated carbocycles. The second-order valence-corrected chi connectivity index (χ2v) is 7.67. The summed E-state index contributed by atoms with van der Waals surface area (Å²) < 4.78 is 6.96. The molecule has 2 unspecified atom stereocenters. The van der Waals surface area contributed by atoms with Crippen LogP contribution in [0.4, 0.5) is 0 Å². The van der Waals surface area contributed by atoms with Crippen molar-refractivity contribution in [1.82, 2.24) is 15.5 Å². The normalized spacial score (nSPS) is 19.5. The molecule has 0 radical (unpaired) electrons. The summed E-state index contributed by atoms with van der Waals surface area (Å²) in [6.45, 7) is 6.49. The Kier molecular flexibility index (Phi) is 9.24. The molecule has 6 nitrogen and oxygen atoms in total. The summed E-state index contributed by atoms with van der Waals surface area (Å²) in [7, 11) is 2.11. The van der Waals surface area contributed by atoms with E-state index in [4.69, 9.17) is 4.74 Å². The molecule has 1 aromatic heterocycles. The fourth-order valence-corrected chi connectivity index (χ4v) is 4.02. The molecule has 1 aromatic carbocycles. The number of guanidine groups is 1. The number of ether oxygens (including phenoxy) is 1. The molecule has 1 fully saturated rings. The van der Waals surface area contributed by atoms with E-state index in [0.717, 1.165) is 31.1 Å². The maximum absolute atomic E-state index is 10.5. The third-order valence-corrected chi connectivity index (χ3v) is 5.60. The molecule has 1 saturated heterocycles. The fraction of sp³-hybridized carbons (Fsp3) is 0.526. The van der Waals surface area contributed by atoms with Crippen molar-refractivity contribution in [3.8, 4) is 0 Å². The second-order valence-electron chi connectivity index (χ2n) is 6.56. The van der Waals surface area contributed by atoms with Gasteiger partial charge in [-0.2, -0.15) is 0 Å². The quantitative estimate of drug-likeness (QED) is 0.321. The van der Waals surface area contributed by atoms with Crippen molar-refractivity contribution in [3.05, 3.63) is 35.2 Å². The number of aliphatic hydroxyl groups is 1. The number of hydrogen-bond acceptors (Lipinski definition) is 5. The van der Waals surface area contributed by atoms with Gasteiger partial charge in [-0.3, -0.25) is 4.99 Å². The molecule has 150 valence electrons. The first-order valence-electron chi connectivity index (χ1n) is 9.14. The van der Waals surface area contributed by atoms with Crippen LogP contribution in [0.25, 0.3) is 10.1 Å². The standard InChI is InChI=1S/C19H28N4O2S.HI/c1-3-20-19(21-11-15-13-23(2)8-9-25-15)22-12-16(24)18-10-14-6-4-5-7-17(14)26-18;/h4-7,10,15-16,24H,3,8-9,11-13H2,1-2H3,(H2,20,21,22);1H. The summed E-state index contributed by atoms with van der Waals surface area (Å²) in [6, 6.07) is 10.2. The number of aliphatic hydroxyl groups excluding tert-OH is 1. The average molecular weight is 504 g/mol. The molecule has 0 amide bonds. The fourth-order valence-electron chi connectivity index (χ4n) is 2.98. The minimum atomic E-state index is -0.597. The zero-order valence-corrected chi connectivity index (χ0v) is 19.0. The second kappa shape index (κ2) is 11.2. The lowest BCUT2D eigenvalue weighted by atomic mass is 10.2. The average Bonchev–Trinajstić information content (AvgIpc) is 3.08. The van der Waals surface area contributed by atoms with Gasteiger partial charge in [0.25, 0.3) is 0 Å². The highest BCUT2D eigenvalue weighted by atomic mass is 127. The number of aliphatic imine (C=N–C) groups is 1. The lowest BCUT2D eigenvalue weighted by Crippen LogP contribution is -2.48. The lowest BCUT2D eigenvalue weighted by molar-refractivity contribution is -0.0161. The largest absolute Gasteiger partial charge is 0.386 e. The van der Waals surface area contributed by atoms with Crippen molar-refractivity contribution < 1.29 is 9.84 Å². The van der Waals surface area contributed by atoms with Gasteiger partial charge < -0.3 is 25.4 Å². The first kappa shape index (κ1) is 22.4. The molecule has 0 bridgehead atoms. The predicted octanol–water partition coefficient (Wildman–Crippen LogP) is 2.44. The van der Waals surface area contributed by atoms with Crippen molar-refractivity contribution in [2.45, 2.75) is 19.1 Å². The number of thiophene rings is 1. The molecule has 3 N–H and O–H groups in total. The van der Waals surface area contributed by atoms with Crippen LogP contribution >= 0.6 is 35.3 Å². The summed E-state index contributed by atoms with van der Waals surface area (Å²) in [5.74, 6) is 0.712. The van der Waals surface area contributed by atoms with Crippen LogP contribution in [0.3, 0.4) is 0 Å². The summed E-state index contributed by atoms with van der Waals surface area (Å²) in [5, 5.41) is 18.2. The minimum Gasteiger partial charge on any atom is -0.386 e. The highest BCUT2D eigenvalue weighted by Gasteiger charge is 2.18. The third kappa shape index (κ3) is 6.56. The Balaban J connectivity index is 0.00000261. The summed E-state index contributed by atoms with van der Waals surface area (Å²) in [4.78, 5) is 7.76. The topological polar surface area (TPSA) is 69.1 Å². The SMILES string of the molecule is CCNC(=NCC(O)c1cc2ccccc2s1)NCC1CN(C)CCO1.I. The zero-order chi connectivity index (χ0) is 18.4. The van der Waals surface area contributed by atoms with Gasteiger partial charge in [0, 0.05) is 35.8 Å². The predicted molar refractivity (Wildman–Crippen MR) is 123 cm³/mol. The molecule has 2 atom stereocenters. The van der Waals surface area contributed by atoms with Crippen molar-refractivity contribution in [2.24, 2.45) is 4.99 Å². The Morgan fingerprint density at radius 2 is 2.22 bits per heavy atom. The third-order valence-electron chi connectivity index (χ3n) is 4.38. The molecule has 2 aromatic rings. The van der Waals surface area contributed by atoms with Crippen LogP contribution in [-0.2, 0) is 4.74 Å². The van der Waals surface area contributed by atoms with Gasteiger partial charge in [-0.15, -0.1) is 35.3 Å². The van der Waals surface area contributed by atoms with E-state index in [1.165, 1.54) is 10.1 Å². The zero-order valence-electron chi connectivity index (χ0n) is 15.9. The summed E-state index contributed by atoms with van der Waals surface area (Å²) >= 11 is 1.62. The first-order chi connectivity index (χ1) is 12.7. The Morgan fingerprint density at radius 3 is 2.96 bits per heavy atom. The Morgan fingerprint density at radius 1 is 1.41 bits per heavy atom. The Bertz CT molecular complexity index is 706. The molecule has 3 rings (SSSR count). The van der Waals surface area contributed by atoms with E-state index in [1.807, 2.05) is 25.1 Å². The van der Waals surface area contributed by atoms with Crippen LogP contribution in [-0.4, -0.2) is 68.4 Å². The Labute approximate surface area is 182 Å². The van der Waals surface area contributed by atoms with Crippen LogP contribution in [0.15, 0.2) is 35.3 Å². The molecular weight excluding hydrogens is 475 g/mol. The number of nitrogens with one attached hydrogen (secondary N) is 2. The van der Waals surface area contributed by atoms with Crippen LogP contribution in [0.2, 0.25) is 0 Å². The van der Waals surface area contributed by atoms with E-state index in [9.17, 15) is 5.11 Å². The molecule has 8 heteroatoms. The molecular formula is C19H29IN4O2S. The smallest absolute Gasteiger partial charge is 0.191 e. The van der Waals surface area contributed by atoms with Gasteiger partial charge in [-0.1, -0.05) is 18.2 Å². The van der Waals surface area contributed by atoms with E-state index in [-0.39, 0.29) is 30.1 Å². The number of rotatable bonds is 6. The number of halogens is 1. The van der Waals surface area contributed by atoms with E-state index in [2.05, 4.69) is 39.7 Å². The van der Waals surface area contributed by atoms with Crippen molar-refractivity contribution in [1.29, 1.82) is 0 Å². The molecule has 0 spiro atoms. The van der Waals surface area contributed by atoms with Crippen LogP contribution < -0.4 is 10.6 Å². The Hall–Kier alpha value is -0.940. The van der Waals surface area contributed by atoms with Gasteiger partial charge in [-0.05, 0) is 31.5 Å². The van der Waals surface area contributed by atoms with Gasteiger partial charge >= 0.3 is 0 Å². The summed E-state index contributed by atoms with van der Waals surface area (Å²) in [6.07, 6.45) is -0.440. The van der Waals surface area contributed by atoms with Crippen molar-refractivity contribution in [3.63, 3.8) is 0 Å². The minimum absolute atomic E-state index is 0. The number of hydrogen-bond donors (Lipinski definition) is 3. The molecule has 1 aliphatic rings. The number of fused-ring (bicyclic) bond motifs is 1. The molecule has 27 heavy (non-hydrogen) atoms. The number of morpholine rings is 1. The highest BCUT2D eigenvalue weighted by Crippen LogP contribution is 2.29. The number of likely N-dealkylation sites (N-methyl/N-ethyl adjacent to an activating group) is 1. The van der Waals surface area contributed by atoms with Gasteiger partial charge in [0.1, 0.15) is 6.10 Å². The maximum atomic E-state index is 10.5. The van der Waals surface area contributed by atoms with Gasteiger partial charge in [0.05, 0.1) is 19.3 Å². The highest BCUT2D eigenvalue weighted by molar-refractivity contribution is 14.0. The van der Waals surface area contributed by atoms with Crippen LogP contribution in [0.1, 0.15) is 17.9 Å². The van der Waals surface area contributed by atoms with Gasteiger partial charge in [-0.25, -0.2) is 0 Å². The number of nitrogens with zero attached hydrogens (tertiary/aromatic N) is 2. The molecule has 2 heterocycles. The lowest BCUT2D eigenvalue weighted by Gasteiger charge is -2.30. The van der Waals surface area contributed by atoms with Gasteiger partial charge in [0.15, 0.2) is 5.96 Å². The van der Waals surface area contributed by atoms with Crippen LogP contribution in [0, 0.1) is 0 Å². The van der Waals surface area contributed by atoms with E-state index in [0.29, 0.717) is 19.0 Å². The van der Waals surface area contributed by atoms with Crippen LogP contribution in [0.5, 0.6) is 0 Å². The first-order valence-corrected chi connectivity index (χ1v) is 9.96. The number of benzene rings is 1. The van der Waals surface area contributed by atoms with Gasteiger partial charge in [0.2, 0.25) is 0 Å². The van der Waals surface area contributed by atoms with Crippen molar-refractivity contribution >= 4 is 51.4 Å².